The van der Waals surface area contributed by atoms with E-state index in [1.165, 1.54) is 16.2 Å². The molecule has 12 heteroatoms. The van der Waals surface area contributed by atoms with Crippen LogP contribution in [0.2, 0.25) is 0 Å². The third-order valence-corrected chi connectivity index (χ3v) is 8.96. The number of anilines is 2. The van der Waals surface area contributed by atoms with Crippen LogP contribution in [-0.2, 0) is 21.3 Å². The summed E-state index contributed by atoms with van der Waals surface area (Å²) in [6.45, 7) is 8.16. The van der Waals surface area contributed by atoms with Gasteiger partial charge in [-0.1, -0.05) is 52.2 Å². The standard InChI is InChI=1S/C28H43N5O6S/c1-6-9-12-22(7-2)20-32(8-3)40(37,38)25-14-11-10-13-24(25)31(5)30-26-21(4)23(19-29)27(35)33(28(26)36)15-17-39-18-16-34/h10-11,13-14,22,30,34-35H,6-9,12,15-18,20H2,1-5H3. The Balaban J connectivity index is 2.48. The monoisotopic (exact) mass is 577 g/mol. The number of hydrogen-bond acceptors (Lipinski definition) is 9. The molecule has 2 aromatic rings. The number of nitrogens with one attached hydrogen (secondary N) is 1. The lowest BCUT2D eigenvalue weighted by molar-refractivity contribution is 0.0854. The molecule has 0 saturated carbocycles. The molecule has 0 radical (unpaired) electrons. The largest absolute Gasteiger partial charge is 0.493 e. The van der Waals surface area contributed by atoms with Crippen LogP contribution < -0.4 is 16.0 Å². The summed E-state index contributed by atoms with van der Waals surface area (Å²) < 4.78 is 35.5. The Morgan fingerprint density at radius 2 is 1.90 bits per heavy atom. The van der Waals surface area contributed by atoms with E-state index in [-0.39, 0.29) is 54.0 Å². The molecule has 0 amide bonds. The van der Waals surface area contributed by atoms with Gasteiger partial charge in [0.1, 0.15) is 22.2 Å². The van der Waals surface area contributed by atoms with Crippen molar-refractivity contribution < 1.29 is 23.4 Å². The lowest BCUT2D eigenvalue weighted by Gasteiger charge is -2.29. The van der Waals surface area contributed by atoms with Gasteiger partial charge in [0.05, 0.1) is 32.1 Å². The van der Waals surface area contributed by atoms with Crippen molar-refractivity contribution in [2.45, 2.75) is 64.8 Å². The lowest BCUT2D eigenvalue weighted by Crippen LogP contribution is -2.37. The van der Waals surface area contributed by atoms with Crippen LogP contribution in [0.4, 0.5) is 11.4 Å². The fourth-order valence-corrected chi connectivity index (χ4v) is 6.28. The highest BCUT2D eigenvalue weighted by Crippen LogP contribution is 2.30. The number of hydrazine groups is 1. The van der Waals surface area contributed by atoms with Crippen molar-refractivity contribution in [1.82, 2.24) is 8.87 Å². The first-order chi connectivity index (χ1) is 19.1. The van der Waals surface area contributed by atoms with Crippen molar-refractivity contribution in [3.05, 3.63) is 45.7 Å². The minimum absolute atomic E-state index is 0.0177. The number of aliphatic hydroxyl groups excluding tert-OH is 1. The van der Waals surface area contributed by atoms with Gasteiger partial charge >= 0.3 is 0 Å². The molecule has 0 saturated heterocycles. The molecule has 1 aromatic carbocycles. The number of rotatable bonds is 17. The van der Waals surface area contributed by atoms with Gasteiger partial charge in [0.15, 0.2) is 0 Å². The second kappa shape index (κ2) is 15.6. The molecule has 1 aromatic heterocycles. The predicted molar refractivity (Wildman–Crippen MR) is 156 cm³/mol. The molecule has 0 bridgehead atoms. The van der Waals surface area contributed by atoms with Crippen LogP contribution in [0, 0.1) is 24.2 Å². The molecule has 11 nitrogen and oxygen atoms in total. The van der Waals surface area contributed by atoms with E-state index in [2.05, 4.69) is 19.3 Å². The Morgan fingerprint density at radius 1 is 1.20 bits per heavy atom. The minimum Gasteiger partial charge on any atom is -0.493 e. The Hall–Kier alpha value is -3.11. The fourth-order valence-electron chi connectivity index (χ4n) is 4.54. The van der Waals surface area contributed by atoms with Crippen molar-refractivity contribution in [3.8, 4) is 11.9 Å². The number of nitrogens with zero attached hydrogens (tertiary/aromatic N) is 4. The maximum absolute atomic E-state index is 13.9. The highest BCUT2D eigenvalue weighted by Gasteiger charge is 2.29. The number of sulfonamides is 1. The number of unbranched alkanes of at least 4 members (excludes halogenated alkanes) is 1. The number of aromatic nitrogens is 1. The summed E-state index contributed by atoms with van der Waals surface area (Å²) in [5, 5.41) is 30.6. The molecule has 3 N–H and O–H groups in total. The van der Waals surface area contributed by atoms with Gasteiger partial charge in [-0.2, -0.15) is 9.57 Å². The number of aliphatic hydroxyl groups is 1. The number of nitriles is 1. The summed E-state index contributed by atoms with van der Waals surface area (Å²) in [5.41, 5.74) is 2.83. The van der Waals surface area contributed by atoms with E-state index in [1.807, 2.05) is 13.0 Å². The fraction of sp³-hybridized carbons (Fsp3) is 0.571. The highest BCUT2D eigenvalue weighted by atomic mass is 32.2. The van der Waals surface area contributed by atoms with Crippen LogP contribution in [0.1, 0.15) is 57.6 Å². The van der Waals surface area contributed by atoms with Crippen LogP contribution in [0.5, 0.6) is 5.88 Å². The van der Waals surface area contributed by atoms with Crippen molar-refractivity contribution in [2.75, 3.05) is 50.4 Å². The smallest absolute Gasteiger partial charge is 0.278 e. The molecule has 0 aliphatic heterocycles. The zero-order valence-corrected chi connectivity index (χ0v) is 25.0. The minimum atomic E-state index is -3.88. The van der Waals surface area contributed by atoms with Gasteiger partial charge in [-0.3, -0.25) is 19.8 Å². The van der Waals surface area contributed by atoms with E-state index in [9.17, 15) is 23.6 Å². The van der Waals surface area contributed by atoms with Crippen molar-refractivity contribution >= 4 is 21.4 Å². The molecule has 2 rings (SSSR count). The summed E-state index contributed by atoms with van der Waals surface area (Å²) >= 11 is 0. The summed E-state index contributed by atoms with van der Waals surface area (Å²) in [4.78, 5) is 13.4. The number of aromatic hydroxyl groups is 1. The van der Waals surface area contributed by atoms with Crippen LogP contribution in [0.25, 0.3) is 0 Å². The number of ether oxygens (including phenoxy) is 1. The quantitative estimate of drug-likeness (QED) is 0.190. The van der Waals surface area contributed by atoms with E-state index in [0.717, 1.165) is 30.3 Å². The number of para-hydroxylation sites is 1. The van der Waals surface area contributed by atoms with E-state index < -0.39 is 21.5 Å². The summed E-state index contributed by atoms with van der Waals surface area (Å²) in [6.07, 6.45) is 3.94. The molecular formula is C28H43N5O6S. The third kappa shape index (κ3) is 7.75. The highest BCUT2D eigenvalue weighted by molar-refractivity contribution is 7.89. The SMILES string of the molecule is CCCCC(CC)CN(CC)S(=O)(=O)c1ccccc1N(C)Nc1c(C)c(C#N)c(O)n(CCOCCO)c1=O. The molecule has 0 aliphatic rings. The van der Waals surface area contributed by atoms with E-state index >= 15 is 0 Å². The summed E-state index contributed by atoms with van der Waals surface area (Å²) in [7, 11) is -2.29. The Bertz CT molecular complexity index is 1320. The van der Waals surface area contributed by atoms with Crippen LogP contribution >= 0.6 is 0 Å². The van der Waals surface area contributed by atoms with Gasteiger partial charge < -0.3 is 14.9 Å². The lowest BCUT2D eigenvalue weighted by atomic mass is 9.99. The molecule has 0 fully saturated rings. The van der Waals surface area contributed by atoms with Crippen LogP contribution in [0.3, 0.4) is 0 Å². The molecule has 0 spiro atoms. The van der Waals surface area contributed by atoms with E-state index in [1.54, 1.807) is 31.3 Å². The van der Waals surface area contributed by atoms with Gasteiger partial charge in [0.25, 0.3) is 5.56 Å². The molecule has 1 unspecified atom stereocenters. The van der Waals surface area contributed by atoms with Crippen molar-refractivity contribution in [3.63, 3.8) is 0 Å². The molecule has 1 atom stereocenters. The number of benzene rings is 1. The average Bonchev–Trinajstić information content (AvgIpc) is 2.95. The third-order valence-electron chi connectivity index (χ3n) is 6.98. The summed E-state index contributed by atoms with van der Waals surface area (Å²) in [5.74, 6) is -0.234. The van der Waals surface area contributed by atoms with Crippen LogP contribution in [0.15, 0.2) is 34.0 Å². The van der Waals surface area contributed by atoms with Gasteiger partial charge in [-0.15, -0.1) is 0 Å². The first-order valence-corrected chi connectivity index (χ1v) is 15.2. The zero-order chi connectivity index (χ0) is 29.9. The summed E-state index contributed by atoms with van der Waals surface area (Å²) in [6, 6.07) is 8.48. The first-order valence-electron chi connectivity index (χ1n) is 13.7. The van der Waals surface area contributed by atoms with Gasteiger partial charge in [-0.25, -0.2) is 8.42 Å². The normalized spacial score (nSPS) is 12.3. The Labute approximate surface area is 237 Å². The van der Waals surface area contributed by atoms with Crippen molar-refractivity contribution in [2.24, 2.45) is 5.92 Å². The van der Waals surface area contributed by atoms with Gasteiger partial charge in [-0.05, 0) is 31.4 Å². The average molecular weight is 578 g/mol. The number of hydrogen-bond donors (Lipinski definition) is 3. The maximum atomic E-state index is 13.9. The Kier molecular flexibility index (Phi) is 12.9. The molecule has 222 valence electrons. The van der Waals surface area contributed by atoms with Crippen LogP contribution in [-0.4, -0.2) is 67.5 Å². The Morgan fingerprint density at radius 3 is 2.50 bits per heavy atom. The second-order valence-electron chi connectivity index (χ2n) is 9.61. The maximum Gasteiger partial charge on any atom is 0.278 e. The van der Waals surface area contributed by atoms with Gasteiger partial charge in [0, 0.05) is 25.7 Å². The molecular weight excluding hydrogens is 534 g/mol. The van der Waals surface area contributed by atoms with Gasteiger partial charge in [0.2, 0.25) is 15.9 Å². The molecule has 1 heterocycles. The predicted octanol–water partition coefficient (Wildman–Crippen LogP) is 3.43. The molecule has 40 heavy (non-hydrogen) atoms. The number of pyridine rings is 1. The topological polar surface area (TPSA) is 148 Å². The molecule has 0 aliphatic carbocycles. The van der Waals surface area contributed by atoms with E-state index in [4.69, 9.17) is 9.84 Å². The van der Waals surface area contributed by atoms with Crippen molar-refractivity contribution in [1.29, 1.82) is 5.26 Å². The zero-order valence-electron chi connectivity index (χ0n) is 24.2. The second-order valence-corrected chi connectivity index (χ2v) is 11.5. The first kappa shape index (κ1) is 33.1. The van der Waals surface area contributed by atoms with E-state index in [0.29, 0.717) is 18.8 Å².